The summed E-state index contributed by atoms with van der Waals surface area (Å²) in [7, 11) is 1.58. The van der Waals surface area contributed by atoms with Gasteiger partial charge in [0.25, 0.3) is 5.91 Å². The van der Waals surface area contributed by atoms with Crippen LogP contribution in [0.4, 0.5) is 11.5 Å². The molecule has 156 valence electrons. The average Bonchev–Trinajstić information content (AvgIpc) is 2.79. The summed E-state index contributed by atoms with van der Waals surface area (Å²) in [5.74, 6) is 1.08. The molecule has 0 saturated heterocycles. The van der Waals surface area contributed by atoms with Crippen LogP contribution in [0.3, 0.4) is 0 Å². The summed E-state index contributed by atoms with van der Waals surface area (Å²) < 4.78 is 11.5. The van der Waals surface area contributed by atoms with Gasteiger partial charge >= 0.3 is 0 Å². The number of aromatic nitrogens is 1. The third-order valence-corrected chi connectivity index (χ3v) is 4.90. The Morgan fingerprint density at radius 1 is 1.06 bits per heavy atom. The minimum absolute atomic E-state index is 0.197. The van der Waals surface area contributed by atoms with E-state index in [2.05, 4.69) is 29.1 Å². The Labute approximate surface area is 180 Å². The second-order valence-corrected chi connectivity index (χ2v) is 7.37. The van der Waals surface area contributed by atoms with Crippen LogP contribution in [0.2, 0.25) is 0 Å². The lowest BCUT2D eigenvalue weighted by atomic mass is 10.0. The van der Waals surface area contributed by atoms with Crippen molar-refractivity contribution in [3.63, 3.8) is 0 Å². The number of benzene rings is 2. The fraction of sp³-hybridized carbons (Fsp3) is 0.160. The van der Waals surface area contributed by atoms with Gasteiger partial charge in [-0.25, -0.2) is 9.98 Å². The molecular weight excluding hydrogens is 390 g/mol. The van der Waals surface area contributed by atoms with E-state index in [1.165, 1.54) is 5.56 Å². The first-order valence-electron chi connectivity index (χ1n) is 10.0. The average molecular weight is 413 g/mol. The number of nitrogens with zero attached hydrogens (tertiary/aromatic N) is 2. The van der Waals surface area contributed by atoms with Gasteiger partial charge < -0.3 is 14.5 Å². The minimum atomic E-state index is -0.357. The predicted octanol–water partition coefficient (Wildman–Crippen LogP) is 5.44. The molecule has 1 amide bonds. The molecule has 0 bridgehead atoms. The Bertz CT molecular complexity index is 1280. The molecule has 4 aromatic rings. The predicted molar refractivity (Wildman–Crippen MR) is 121 cm³/mol. The highest BCUT2D eigenvalue weighted by Crippen LogP contribution is 2.25. The highest BCUT2D eigenvalue weighted by Gasteiger charge is 2.15. The molecule has 0 fully saturated rings. The van der Waals surface area contributed by atoms with Crippen molar-refractivity contribution in [1.82, 2.24) is 4.98 Å². The molecule has 4 rings (SSSR count). The van der Waals surface area contributed by atoms with Crippen molar-refractivity contribution >= 4 is 28.4 Å². The van der Waals surface area contributed by atoms with Crippen molar-refractivity contribution in [3.05, 3.63) is 89.6 Å². The first-order valence-corrected chi connectivity index (χ1v) is 10.0. The Morgan fingerprint density at radius 3 is 2.55 bits per heavy atom. The molecule has 0 aliphatic heterocycles. The van der Waals surface area contributed by atoms with E-state index >= 15 is 0 Å². The smallest absolute Gasteiger partial charge is 0.262 e. The molecule has 6 nitrogen and oxygen atoms in total. The fourth-order valence-corrected chi connectivity index (χ4v) is 3.20. The maximum Gasteiger partial charge on any atom is 0.262 e. The summed E-state index contributed by atoms with van der Waals surface area (Å²) in [5.41, 5.74) is 2.93. The molecule has 0 atom stereocenters. The molecule has 31 heavy (non-hydrogen) atoms. The van der Waals surface area contributed by atoms with Gasteiger partial charge in [-0.3, -0.25) is 4.79 Å². The highest BCUT2D eigenvalue weighted by atomic mass is 16.5. The van der Waals surface area contributed by atoms with E-state index in [0.29, 0.717) is 34.3 Å². The number of rotatable bonds is 5. The summed E-state index contributed by atoms with van der Waals surface area (Å²) >= 11 is 0. The summed E-state index contributed by atoms with van der Waals surface area (Å²) in [6, 6.07) is 20.5. The lowest BCUT2D eigenvalue weighted by Crippen LogP contribution is -2.22. The van der Waals surface area contributed by atoms with Gasteiger partial charge in [-0.2, -0.15) is 0 Å². The second-order valence-electron chi connectivity index (χ2n) is 7.37. The Balaban J connectivity index is 1.86. The Morgan fingerprint density at radius 2 is 1.87 bits per heavy atom. The van der Waals surface area contributed by atoms with E-state index < -0.39 is 0 Å². The van der Waals surface area contributed by atoms with Gasteiger partial charge in [0, 0.05) is 11.6 Å². The lowest BCUT2D eigenvalue weighted by molar-refractivity contribution is 0.102. The minimum Gasteiger partial charge on any atom is -0.493 e. The van der Waals surface area contributed by atoms with Crippen LogP contribution in [0.15, 0.2) is 82.3 Å². The summed E-state index contributed by atoms with van der Waals surface area (Å²) in [6.45, 7) is 4.27. The summed E-state index contributed by atoms with van der Waals surface area (Å²) in [5, 5.41) is 3.54. The Hall–Kier alpha value is -3.93. The van der Waals surface area contributed by atoms with Crippen LogP contribution in [-0.4, -0.2) is 18.0 Å². The number of methoxy groups -OCH3 is 1. The number of fused-ring (bicyclic) bond motifs is 1. The molecular formula is C25H23N3O3. The van der Waals surface area contributed by atoms with Gasteiger partial charge in [-0.1, -0.05) is 44.2 Å². The molecule has 0 aliphatic rings. The highest BCUT2D eigenvalue weighted by molar-refractivity contribution is 6.05. The number of ether oxygens (including phenoxy) is 1. The zero-order chi connectivity index (χ0) is 21.8. The van der Waals surface area contributed by atoms with Crippen LogP contribution in [0, 0.1) is 0 Å². The van der Waals surface area contributed by atoms with Crippen molar-refractivity contribution in [2.45, 2.75) is 19.8 Å². The van der Waals surface area contributed by atoms with E-state index in [0.717, 1.165) is 5.39 Å². The molecule has 2 aromatic heterocycles. The van der Waals surface area contributed by atoms with Crippen molar-refractivity contribution in [3.8, 4) is 5.75 Å². The molecule has 0 saturated carbocycles. The molecule has 1 N–H and O–H groups in total. The van der Waals surface area contributed by atoms with Gasteiger partial charge in [0.05, 0.1) is 12.8 Å². The molecule has 0 radical (unpaired) electrons. The first-order chi connectivity index (χ1) is 15.0. The number of carbonyl (C=O) groups is 1. The fourth-order valence-electron chi connectivity index (χ4n) is 3.20. The number of para-hydroxylation sites is 1. The van der Waals surface area contributed by atoms with Crippen LogP contribution in [-0.2, 0) is 0 Å². The summed E-state index contributed by atoms with van der Waals surface area (Å²) in [4.78, 5) is 21.9. The van der Waals surface area contributed by atoms with Crippen LogP contribution in [0.25, 0.3) is 11.0 Å². The molecule has 2 aromatic carbocycles. The standard InChI is InChI=1S/C25H23N3O3/c1-16(2)17-10-12-19(13-11-17)27-25-20(24(29)28-22-9-4-5-14-26-22)15-18-7-6-8-21(30-3)23(18)31-25/h4-16H,1-3H3,(H,26,28,29). The van der Waals surface area contributed by atoms with Gasteiger partial charge in [0.15, 0.2) is 11.3 Å². The van der Waals surface area contributed by atoms with Crippen molar-refractivity contribution < 1.29 is 13.9 Å². The van der Waals surface area contributed by atoms with Gasteiger partial charge in [0.1, 0.15) is 11.4 Å². The Kier molecular flexibility index (Phi) is 5.80. The van der Waals surface area contributed by atoms with Gasteiger partial charge in [-0.05, 0) is 47.9 Å². The molecule has 0 unspecified atom stereocenters. The van der Waals surface area contributed by atoms with E-state index in [1.807, 2.05) is 36.4 Å². The third-order valence-electron chi connectivity index (χ3n) is 4.90. The lowest BCUT2D eigenvalue weighted by Gasteiger charge is -2.09. The van der Waals surface area contributed by atoms with Crippen molar-refractivity contribution in [2.75, 3.05) is 12.4 Å². The zero-order valence-corrected chi connectivity index (χ0v) is 17.6. The number of amides is 1. The van der Waals surface area contributed by atoms with E-state index in [9.17, 15) is 4.79 Å². The number of hydrogen-bond acceptors (Lipinski definition) is 5. The van der Waals surface area contributed by atoms with E-state index in [1.54, 1.807) is 43.6 Å². The first kappa shape index (κ1) is 20.3. The summed E-state index contributed by atoms with van der Waals surface area (Å²) in [6.07, 6.45) is 1.62. The van der Waals surface area contributed by atoms with Crippen LogP contribution in [0.5, 0.6) is 5.75 Å². The third kappa shape index (κ3) is 4.48. The molecule has 0 spiro atoms. The van der Waals surface area contributed by atoms with Crippen LogP contribution >= 0.6 is 0 Å². The zero-order valence-electron chi connectivity index (χ0n) is 17.6. The number of hydrogen-bond donors (Lipinski definition) is 1. The number of carbonyl (C=O) groups excluding carboxylic acids is 1. The van der Waals surface area contributed by atoms with E-state index in [4.69, 9.17) is 9.15 Å². The van der Waals surface area contributed by atoms with Crippen LogP contribution < -0.4 is 15.6 Å². The molecule has 6 heteroatoms. The van der Waals surface area contributed by atoms with Crippen LogP contribution in [0.1, 0.15) is 35.7 Å². The van der Waals surface area contributed by atoms with E-state index in [-0.39, 0.29) is 11.5 Å². The molecule has 0 aliphatic carbocycles. The molecule has 2 heterocycles. The quantitative estimate of drug-likeness (QED) is 0.472. The monoisotopic (exact) mass is 413 g/mol. The van der Waals surface area contributed by atoms with Gasteiger partial charge in [-0.15, -0.1) is 0 Å². The van der Waals surface area contributed by atoms with Crippen molar-refractivity contribution in [1.29, 1.82) is 0 Å². The van der Waals surface area contributed by atoms with Gasteiger partial charge in [0.2, 0.25) is 5.55 Å². The van der Waals surface area contributed by atoms with Crippen molar-refractivity contribution in [2.24, 2.45) is 4.99 Å². The topological polar surface area (TPSA) is 76.7 Å². The number of pyridine rings is 1. The largest absolute Gasteiger partial charge is 0.493 e. The maximum absolute atomic E-state index is 13.1. The SMILES string of the molecule is COc1cccc2cc(C(=O)Nc3ccccn3)c(=Nc3ccc(C(C)C)cc3)oc12. The maximum atomic E-state index is 13.1. The number of anilines is 1. The number of nitrogens with one attached hydrogen (secondary N) is 1. The second kappa shape index (κ2) is 8.83. The normalized spacial score (nSPS) is 11.7.